The molecule has 120 valence electrons. The number of hydrogen-bond donors (Lipinski definition) is 1. The van der Waals surface area contributed by atoms with Crippen LogP contribution in [0.3, 0.4) is 0 Å². The highest BCUT2D eigenvalue weighted by Crippen LogP contribution is 2.33. The maximum absolute atomic E-state index is 4.52. The summed E-state index contributed by atoms with van der Waals surface area (Å²) in [6, 6.07) is 0.929. The van der Waals surface area contributed by atoms with Crippen LogP contribution in [0.4, 0.5) is 0 Å². The topological polar surface area (TPSA) is 30.9 Å². The number of likely N-dealkylation sites (tertiary alicyclic amines) is 2. The Morgan fingerprint density at radius 2 is 2.10 bits per heavy atom. The van der Waals surface area contributed by atoms with Gasteiger partial charge in [0.2, 0.25) is 0 Å². The van der Waals surface area contributed by atoms with Gasteiger partial charge in [0.15, 0.2) is 5.96 Å². The number of rotatable bonds is 4. The van der Waals surface area contributed by atoms with Crippen molar-refractivity contribution in [3.8, 4) is 0 Å². The average molecular weight is 292 g/mol. The third kappa shape index (κ3) is 3.53. The Labute approximate surface area is 130 Å². The Balaban J connectivity index is 1.45. The molecule has 2 aliphatic heterocycles. The van der Waals surface area contributed by atoms with Gasteiger partial charge in [-0.15, -0.1) is 0 Å². The molecule has 1 aliphatic carbocycles. The fraction of sp³-hybridized carbons (Fsp3) is 0.941. The lowest BCUT2D eigenvalue weighted by Crippen LogP contribution is -2.43. The zero-order chi connectivity index (χ0) is 14.9. The van der Waals surface area contributed by atoms with Gasteiger partial charge in [0, 0.05) is 39.3 Å². The van der Waals surface area contributed by atoms with Crippen LogP contribution in [0.25, 0.3) is 0 Å². The zero-order valence-corrected chi connectivity index (χ0v) is 14.1. The Hall–Kier alpha value is -0.770. The maximum Gasteiger partial charge on any atom is 0.193 e. The molecule has 21 heavy (non-hydrogen) atoms. The Kier molecular flexibility index (Phi) is 4.43. The summed E-state index contributed by atoms with van der Waals surface area (Å²) in [5.41, 5.74) is 0.480. The largest absolute Gasteiger partial charge is 0.356 e. The number of nitrogens with one attached hydrogen (secondary N) is 1. The minimum Gasteiger partial charge on any atom is -0.356 e. The van der Waals surface area contributed by atoms with E-state index in [-0.39, 0.29) is 0 Å². The average Bonchev–Trinajstić information content (AvgIpc) is 3.11. The van der Waals surface area contributed by atoms with Gasteiger partial charge in [0.05, 0.1) is 0 Å². The van der Waals surface area contributed by atoms with Crippen LogP contribution < -0.4 is 5.32 Å². The summed E-state index contributed by atoms with van der Waals surface area (Å²) in [5.74, 6) is 1.93. The molecular weight excluding hydrogens is 260 g/mol. The summed E-state index contributed by atoms with van der Waals surface area (Å²) in [6.45, 7) is 10.7. The van der Waals surface area contributed by atoms with Gasteiger partial charge in [-0.2, -0.15) is 0 Å². The molecule has 4 nitrogen and oxygen atoms in total. The highest BCUT2D eigenvalue weighted by molar-refractivity contribution is 5.80. The highest BCUT2D eigenvalue weighted by atomic mass is 15.3. The van der Waals surface area contributed by atoms with Crippen molar-refractivity contribution < 1.29 is 0 Å². The van der Waals surface area contributed by atoms with Crippen LogP contribution in [0.1, 0.15) is 46.0 Å². The van der Waals surface area contributed by atoms with E-state index < -0.39 is 0 Å². The first-order valence-corrected chi connectivity index (χ1v) is 8.83. The van der Waals surface area contributed by atoms with E-state index in [1.165, 1.54) is 45.2 Å². The molecular formula is C17H32N4. The molecule has 2 saturated heterocycles. The van der Waals surface area contributed by atoms with Crippen molar-refractivity contribution in [3.05, 3.63) is 0 Å². The van der Waals surface area contributed by atoms with E-state index in [1.807, 2.05) is 7.05 Å². The van der Waals surface area contributed by atoms with Gasteiger partial charge in [0.1, 0.15) is 0 Å². The fourth-order valence-electron chi connectivity index (χ4n) is 3.86. The first-order valence-electron chi connectivity index (χ1n) is 8.83. The van der Waals surface area contributed by atoms with E-state index in [0.29, 0.717) is 5.41 Å². The number of guanidine groups is 1. The molecule has 0 amide bonds. The lowest BCUT2D eigenvalue weighted by Gasteiger charge is -2.26. The molecule has 0 aromatic rings. The van der Waals surface area contributed by atoms with E-state index in [1.54, 1.807) is 0 Å². The molecule has 0 radical (unpaired) electrons. The van der Waals surface area contributed by atoms with Crippen LogP contribution in [0.15, 0.2) is 4.99 Å². The quantitative estimate of drug-likeness (QED) is 0.636. The van der Waals surface area contributed by atoms with Crippen LogP contribution in [-0.2, 0) is 0 Å². The number of hydrogen-bond acceptors (Lipinski definition) is 2. The van der Waals surface area contributed by atoms with Crippen molar-refractivity contribution in [2.24, 2.45) is 16.3 Å². The molecule has 2 atom stereocenters. The molecule has 0 bridgehead atoms. The van der Waals surface area contributed by atoms with E-state index in [2.05, 4.69) is 34.0 Å². The lowest BCUT2D eigenvalue weighted by molar-refractivity contribution is 0.311. The zero-order valence-electron chi connectivity index (χ0n) is 14.1. The first kappa shape index (κ1) is 15.1. The van der Waals surface area contributed by atoms with E-state index in [9.17, 15) is 0 Å². The van der Waals surface area contributed by atoms with Crippen LogP contribution in [0.2, 0.25) is 0 Å². The van der Waals surface area contributed by atoms with Crippen molar-refractivity contribution >= 4 is 5.96 Å². The standard InChI is InChI=1S/C17H32N4/c1-4-17(2)8-10-21(13-17)16(18-3)19-11-14-7-9-20(12-14)15-5-6-15/h14-15H,4-13H2,1-3H3,(H,18,19). The molecule has 0 spiro atoms. The minimum atomic E-state index is 0.480. The van der Waals surface area contributed by atoms with Crippen molar-refractivity contribution in [1.82, 2.24) is 15.1 Å². The van der Waals surface area contributed by atoms with Crippen LogP contribution in [0.5, 0.6) is 0 Å². The van der Waals surface area contributed by atoms with Crippen molar-refractivity contribution in [2.75, 3.05) is 39.8 Å². The van der Waals surface area contributed by atoms with Crippen molar-refractivity contribution in [1.29, 1.82) is 0 Å². The second kappa shape index (κ2) is 6.15. The molecule has 4 heteroatoms. The lowest BCUT2D eigenvalue weighted by atomic mass is 9.87. The van der Waals surface area contributed by atoms with Crippen molar-refractivity contribution in [3.63, 3.8) is 0 Å². The molecule has 2 unspecified atom stereocenters. The predicted octanol–water partition coefficient (Wildman–Crippen LogP) is 2.17. The second-order valence-corrected chi connectivity index (χ2v) is 7.64. The molecule has 3 aliphatic rings. The molecule has 2 heterocycles. The number of aliphatic imine (C=N–C) groups is 1. The summed E-state index contributed by atoms with van der Waals surface area (Å²) in [6.07, 6.45) is 6.78. The monoisotopic (exact) mass is 292 g/mol. The molecule has 0 aromatic carbocycles. The van der Waals surface area contributed by atoms with Crippen LogP contribution in [-0.4, -0.2) is 61.6 Å². The van der Waals surface area contributed by atoms with Crippen LogP contribution in [0, 0.1) is 11.3 Å². The Bertz CT molecular complexity index is 390. The van der Waals surface area contributed by atoms with E-state index >= 15 is 0 Å². The Morgan fingerprint density at radius 1 is 1.29 bits per heavy atom. The third-order valence-electron chi connectivity index (χ3n) is 5.85. The SMILES string of the molecule is CCC1(C)CCN(C(=NC)NCC2CCN(C3CC3)C2)C1. The van der Waals surface area contributed by atoms with E-state index in [4.69, 9.17) is 0 Å². The maximum atomic E-state index is 4.52. The first-order chi connectivity index (χ1) is 10.1. The minimum absolute atomic E-state index is 0.480. The summed E-state index contributed by atoms with van der Waals surface area (Å²) in [5, 5.41) is 3.64. The van der Waals surface area contributed by atoms with Gasteiger partial charge in [-0.05, 0) is 50.0 Å². The molecule has 1 N–H and O–H groups in total. The molecule has 3 fully saturated rings. The molecule has 1 saturated carbocycles. The summed E-state index contributed by atoms with van der Waals surface area (Å²) < 4.78 is 0. The predicted molar refractivity (Wildman–Crippen MR) is 88.7 cm³/mol. The van der Waals surface area contributed by atoms with Gasteiger partial charge < -0.3 is 15.1 Å². The van der Waals surface area contributed by atoms with Gasteiger partial charge in [-0.1, -0.05) is 13.8 Å². The van der Waals surface area contributed by atoms with E-state index in [0.717, 1.165) is 37.6 Å². The smallest absolute Gasteiger partial charge is 0.193 e. The van der Waals surface area contributed by atoms with Gasteiger partial charge >= 0.3 is 0 Å². The normalized spacial score (nSPS) is 34.7. The van der Waals surface area contributed by atoms with Gasteiger partial charge in [0.25, 0.3) is 0 Å². The van der Waals surface area contributed by atoms with Gasteiger partial charge in [-0.25, -0.2) is 0 Å². The highest BCUT2D eigenvalue weighted by Gasteiger charge is 2.35. The van der Waals surface area contributed by atoms with Crippen molar-refractivity contribution in [2.45, 2.75) is 52.0 Å². The molecule has 3 rings (SSSR count). The van der Waals surface area contributed by atoms with Gasteiger partial charge in [-0.3, -0.25) is 4.99 Å². The summed E-state index contributed by atoms with van der Waals surface area (Å²) in [7, 11) is 1.93. The number of nitrogens with zero attached hydrogens (tertiary/aromatic N) is 3. The van der Waals surface area contributed by atoms with Crippen LogP contribution >= 0.6 is 0 Å². The molecule has 0 aromatic heterocycles. The third-order valence-corrected chi connectivity index (χ3v) is 5.85. The second-order valence-electron chi connectivity index (χ2n) is 7.64. The summed E-state index contributed by atoms with van der Waals surface area (Å²) >= 11 is 0. The Morgan fingerprint density at radius 3 is 2.71 bits per heavy atom. The summed E-state index contributed by atoms with van der Waals surface area (Å²) in [4.78, 5) is 9.66. The fourth-order valence-corrected chi connectivity index (χ4v) is 3.86.